The molecule has 0 bridgehead atoms. The molecule has 15 heavy (non-hydrogen) atoms. The third-order valence-corrected chi connectivity index (χ3v) is 2.11. The summed E-state index contributed by atoms with van der Waals surface area (Å²) in [5, 5.41) is 5.14. The van der Waals surface area contributed by atoms with Crippen LogP contribution in [-0.2, 0) is 4.79 Å². The van der Waals surface area contributed by atoms with Crippen LogP contribution in [0.15, 0.2) is 0 Å². The van der Waals surface area contributed by atoms with Crippen molar-refractivity contribution in [3.05, 3.63) is 0 Å². The van der Waals surface area contributed by atoms with Gasteiger partial charge >= 0.3 is 0 Å². The first kappa shape index (κ1) is 14.6. The van der Waals surface area contributed by atoms with Crippen LogP contribution in [0.25, 0.3) is 0 Å². The highest BCUT2D eigenvalue weighted by Crippen LogP contribution is 2.24. The zero-order valence-electron chi connectivity index (χ0n) is 8.85. The number of alkyl halides is 2. The average molecular weight is 243 g/mol. The zero-order valence-corrected chi connectivity index (χ0v) is 9.66. The Hall–Kier alpha value is -0.420. The number of halogens is 3. The van der Waals surface area contributed by atoms with E-state index in [0.717, 1.165) is 0 Å². The smallest absolute Gasteiger partial charge is 0.262 e. The SMILES string of the molecule is CC(C)CNC(=O)[C@@H]1CC(F)(F)CN1.Cl. The first-order valence-corrected chi connectivity index (χ1v) is 4.79. The molecule has 1 amide bonds. The Bertz CT molecular complexity index is 224. The second-order valence-electron chi connectivity index (χ2n) is 4.13. The molecule has 1 aliphatic heterocycles. The Morgan fingerprint density at radius 3 is 2.60 bits per heavy atom. The largest absolute Gasteiger partial charge is 0.354 e. The third kappa shape index (κ3) is 4.75. The standard InChI is InChI=1S/C9H16F2N2O.ClH/c1-6(2)4-12-8(14)7-3-9(10,11)5-13-7;/h6-7,13H,3-5H2,1-2H3,(H,12,14);1H/t7-;/m0./s1. The molecule has 0 spiro atoms. The van der Waals surface area contributed by atoms with Crippen LogP contribution >= 0.6 is 12.4 Å². The Labute approximate surface area is 94.4 Å². The average Bonchev–Trinajstić information content (AvgIpc) is 2.41. The molecule has 1 aliphatic rings. The summed E-state index contributed by atoms with van der Waals surface area (Å²) in [5.74, 6) is -2.73. The van der Waals surface area contributed by atoms with Gasteiger partial charge in [-0.05, 0) is 5.92 Å². The zero-order chi connectivity index (χ0) is 10.8. The first-order valence-electron chi connectivity index (χ1n) is 4.79. The maximum absolute atomic E-state index is 12.7. The van der Waals surface area contributed by atoms with E-state index >= 15 is 0 Å². The van der Waals surface area contributed by atoms with Crippen molar-refractivity contribution in [1.29, 1.82) is 0 Å². The van der Waals surface area contributed by atoms with Crippen molar-refractivity contribution in [2.75, 3.05) is 13.1 Å². The fourth-order valence-corrected chi connectivity index (χ4v) is 1.33. The predicted molar refractivity (Wildman–Crippen MR) is 56.5 cm³/mol. The van der Waals surface area contributed by atoms with Gasteiger partial charge in [-0.25, -0.2) is 8.78 Å². The fraction of sp³-hybridized carbons (Fsp3) is 0.889. The van der Waals surface area contributed by atoms with E-state index < -0.39 is 24.9 Å². The van der Waals surface area contributed by atoms with Crippen molar-refractivity contribution in [3.8, 4) is 0 Å². The van der Waals surface area contributed by atoms with Crippen molar-refractivity contribution < 1.29 is 13.6 Å². The normalized spacial score (nSPS) is 23.7. The molecule has 0 aromatic heterocycles. The number of hydrogen-bond donors (Lipinski definition) is 2. The highest BCUT2D eigenvalue weighted by Gasteiger charge is 2.42. The second-order valence-corrected chi connectivity index (χ2v) is 4.13. The van der Waals surface area contributed by atoms with Gasteiger partial charge < -0.3 is 5.32 Å². The third-order valence-electron chi connectivity index (χ3n) is 2.11. The lowest BCUT2D eigenvalue weighted by Gasteiger charge is -2.12. The van der Waals surface area contributed by atoms with Crippen molar-refractivity contribution in [2.45, 2.75) is 32.2 Å². The molecule has 0 radical (unpaired) electrons. The van der Waals surface area contributed by atoms with Crippen LogP contribution in [0.2, 0.25) is 0 Å². The second kappa shape index (κ2) is 5.61. The molecular formula is C9H17ClF2N2O. The van der Waals surface area contributed by atoms with Gasteiger partial charge in [0, 0.05) is 13.0 Å². The molecule has 1 heterocycles. The maximum Gasteiger partial charge on any atom is 0.262 e. The van der Waals surface area contributed by atoms with Gasteiger partial charge in [-0.15, -0.1) is 12.4 Å². The lowest BCUT2D eigenvalue weighted by Crippen LogP contribution is -2.41. The minimum atomic E-state index is -2.74. The summed E-state index contributed by atoms with van der Waals surface area (Å²) in [6.45, 7) is 4.04. The number of hydrogen-bond acceptors (Lipinski definition) is 2. The fourth-order valence-electron chi connectivity index (χ4n) is 1.33. The van der Waals surface area contributed by atoms with E-state index in [9.17, 15) is 13.6 Å². The summed E-state index contributed by atoms with van der Waals surface area (Å²) in [7, 11) is 0. The van der Waals surface area contributed by atoms with E-state index in [4.69, 9.17) is 0 Å². The molecule has 1 rings (SSSR count). The Morgan fingerprint density at radius 1 is 1.60 bits per heavy atom. The van der Waals surface area contributed by atoms with Gasteiger partial charge in [-0.3, -0.25) is 10.1 Å². The molecule has 0 aromatic carbocycles. The van der Waals surface area contributed by atoms with Crippen molar-refractivity contribution in [2.24, 2.45) is 5.92 Å². The lowest BCUT2D eigenvalue weighted by molar-refractivity contribution is -0.123. The minimum absolute atomic E-state index is 0. The van der Waals surface area contributed by atoms with Gasteiger partial charge in [0.15, 0.2) is 0 Å². The molecule has 6 heteroatoms. The molecule has 3 nitrogen and oxygen atoms in total. The van der Waals surface area contributed by atoms with E-state index in [1.165, 1.54) is 0 Å². The van der Waals surface area contributed by atoms with Crippen LogP contribution in [0.4, 0.5) is 8.78 Å². The van der Waals surface area contributed by atoms with E-state index in [-0.39, 0.29) is 18.3 Å². The van der Waals surface area contributed by atoms with E-state index in [1.807, 2.05) is 13.8 Å². The molecule has 1 atom stereocenters. The van der Waals surface area contributed by atoms with E-state index in [0.29, 0.717) is 12.5 Å². The summed E-state index contributed by atoms with van der Waals surface area (Å²) >= 11 is 0. The Morgan fingerprint density at radius 2 is 2.20 bits per heavy atom. The predicted octanol–water partition coefficient (Wildman–Crippen LogP) is 1.18. The number of rotatable bonds is 3. The van der Waals surface area contributed by atoms with Gasteiger partial charge in [0.25, 0.3) is 5.92 Å². The Balaban J connectivity index is 0.00000196. The van der Waals surface area contributed by atoms with Gasteiger partial charge in [-0.2, -0.15) is 0 Å². The van der Waals surface area contributed by atoms with E-state index in [1.54, 1.807) is 0 Å². The molecule has 2 N–H and O–H groups in total. The Kier molecular flexibility index (Phi) is 5.45. The highest BCUT2D eigenvalue weighted by atomic mass is 35.5. The summed E-state index contributed by atoms with van der Waals surface area (Å²) in [5.41, 5.74) is 0. The van der Waals surface area contributed by atoms with Crippen molar-refractivity contribution >= 4 is 18.3 Å². The topological polar surface area (TPSA) is 41.1 Å². The maximum atomic E-state index is 12.7. The van der Waals surface area contributed by atoms with Gasteiger partial charge in [0.1, 0.15) is 0 Å². The molecule has 0 unspecified atom stereocenters. The molecular weight excluding hydrogens is 226 g/mol. The lowest BCUT2D eigenvalue weighted by atomic mass is 10.1. The molecule has 0 saturated carbocycles. The van der Waals surface area contributed by atoms with Crippen molar-refractivity contribution in [1.82, 2.24) is 10.6 Å². The summed E-state index contributed by atoms with van der Waals surface area (Å²) < 4.78 is 25.4. The van der Waals surface area contributed by atoms with Crippen LogP contribution in [0.3, 0.4) is 0 Å². The van der Waals surface area contributed by atoms with Crippen LogP contribution in [0, 0.1) is 5.92 Å². The van der Waals surface area contributed by atoms with Crippen LogP contribution in [0.5, 0.6) is 0 Å². The minimum Gasteiger partial charge on any atom is -0.354 e. The summed E-state index contributed by atoms with van der Waals surface area (Å²) in [6.07, 6.45) is -0.392. The quantitative estimate of drug-likeness (QED) is 0.780. The molecule has 1 fully saturated rings. The number of carbonyl (C=O) groups is 1. The molecule has 1 saturated heterocycles. The number of carbonyl (C=O) groups excluding carboxylic acids is 1. The van der Waals surface area contributed by atoms with Gasteiger partial charge in [-0.1, -0.05) is 13.8 Å². The first-order chi connectivity index (χ1) is 6.41. The molecule has 0 aromatic rings. The number of amides is 1. The van der Waals surface area contributed by atoms with Crippen molar-refractivity contribution in [3.63, 3.8) is 0 Å². The van der Waals surface area contributed by atoms with Crippen LogP contribution in [-0.4, -0.2) is 31.0 Å². The number of nitrogens with one attached hydrogen (secondary N) is 2. The van der Waals surface area contributed by atoms with Gasteiger partial charge in [0.2, 0.25) is 5.91 Å². The molecule has 0 aliphatic carbocycles. The van der Waals surface area contributed by atoms with Gasteiger partial charge in [0.05, 0.1) is 12.6 Å². The van der Waals surface area contributed by atoms with Crippen LogP contribution < -0.4 is 10.6 Å². The summed E-state index contributed by atoms with van der Waals surface area (Å²) in [6, 6.07) is -0.733. The van der Waals surface area contributed by atoms with Crippen LogP contribution in [0.1, 0.15) is 20.3 Å². The monoisotopic (exact) mass is 242 g/mol. The van der Waals surface area contributed by atoms with E-state index in [2.05, 4.69) is 10.6 Å². The highest BCUT2D eigenvalue weighted by molar-refractivity contribution is 5.85. The summed E-state index contributed by atoms with van der Waals surface area (Å²) in [4.78, 5) is 11.3. The molecule has 90 valence electrons.